The van der Waals surface area contributed by atoms with E-state index in [-0.39, 0.29) is 0 Å². The Hall–Kier alpha value is -1.56. The molecule has 0 aliphatic rings. The van der Waals surface area contributed by atoms with Gasteiger partial charge in [0.05, 0.1) is 0 Å². The summed E-state index contributed by atoms with van der Waals surface area (Å²) in [6.07, 6.45) is 9.11. The zero-order chi connectivity index (χ0) is 19.7. The standard InChI is InChI=1S/C21H30.2C2H6/c1-17(2)11-14-19(4)20(5)15-12-18(3)13-16-21-9-7-6-8-10-21;2*1-2/h6-11,14,18,20H,1,4,12-13,15-16H2,2-3,5H3;2*1-2H3/b14-11-;;. The van der Waals surface area contributed by atoms with Crippen molar-refractivity contribution in [1.82, 2.24) is 0 Å². The predicted octanol–water partition coefficient (Wildman–Crippen LogP) is 8.41. The van der Waals surface area contributed by atoms with E-state index < -0.39 is 0 Å². The Morgan fingerprint density at radius 2 is 1.44 bits per heavy atom. The predicted molar refractivity (Wildman–Crippen MR) is 118 cm³/mol. The molecule has 142 valence electrons. The van der Waals surface area contributed by atoms with E-state index in [0.29, 0.717) is 5.92 Å². The zero-order valence-corrected chi connectivity index (χ0v) is 17.9. The number of rotatable bonds is 9. The molecule has 2 unspecified atom stereocenters. The minimum Gasteiger partial charge on any atom is -0.0961 e. The molecule has 0 saturated carbocycles. The first kappa shape index (κ1) is 25.7. The number of hydrogen-bond donors (Lipinski definition) is 0. The van der Waals surface area contributed by atoms with Gasteiger partial charge in [0, 0.05) is 0 Å². The molecule has 0 aliphatic carbocycles. The second kappa shape index (κ2) is 17.3. The Morgan fingerprint density at radius 3 is 1.96 bits per heavy atom. The first-order valence-corrected chi connectivity index (χ1v) is 10.1. The van der Waals surface area contributed by atoms with Crippen LogP contribution in [0, 0.1) is 11.8 Å². The van der Waals surface area contributed by atoms with Crippen molar-refractivity contribution in [3.05, 3.63) is 72.4 Å². The van der Waals surface area contributed by atoms with Crippen LogP contribution in [0.5, 0.6) is 0 Å². The molecule has 0 spiro atoms. The third kappa shape index (κ3) is 14.5. The highest BCUT2D eigenvalue weighted by Gasteiger charge is 2.08. The normalized spacial score (nSPS) is 12.3. The molecule has 1 rings (SSSR count). The van der Waals surface area contributed by atoms with Gasteiger partial charge in [0.1, 0.15) is 0 Å². The number of hydrogen-bond acceptors (Lipinski definition) is 0. The fraction of sp³-hybridized carbons (Fsp3) is 0.520. The fourth-order valence-electron chi connectivity index (χ4n) is 2.34. The van der Waals surface area contributed by atoms with Gasteiger partial charge >= 0.3 is 0 Å². The molecule has 0 aromatic heterocycles. The average Bonchev–Trinajstić information content (AvgIpc) is 2.66. The van der Waals surface area contributed by atoms with Crippen molar-refractivity contribution in [3.8, 4) is 0 Å². The maximum atomic E-state index is 4.17. The molecule has 0 saturated heterocycles. The molecule has 1 aromatic rings. The van der Waals surface area contributed by atoms with E-state index in [1.807, 2.05) is 34.6 Å². The lowest BCUT2D eigenvalue weighted by Crippen LogP contribution is -2.03. The molecule has 1 aromatic carbocycles. The van der Waals surface area contributed by atoms with Gasteiger partial charge in [0.15, 0.2) is 0 Å². The first-order valence-electron chi connectivity index (χ1n) is 10.1. The van der Waals surface area contributed by atoms with Gasteiger partial charge in [0.2, 0.25) is 0 Å². The molecule has 0 fully saturated rings. The van der Waals surface area contributed by atoms with Crippen LogP contribution in [-0.2, 0) is 6.42 Å². The van der Waals surface area contributed by atoms with Crippen LogP contribution in [0.15, 0.2) is 66.8 Å². The van der Waals surface area contributed by atoms with Crippen molar-refractivity contribution in [2.45, 2.75) is 74.1 Å². The molecule has 25 heavy (non-hydrogen) atoms. The third-order valence-electron chi connectivity index (χ3n) is 4.08. The zero-order valence-electron chi connectivity index (χ0n) is 17.9. The third-order valence-corrected chi connectivity index (χ3v) is 4.08. The van der Waals surface area contributed by atoms with E-state index in [1.165, 1.54) is 36.8 Å². The SMILES string of the molecule is C=C(C)/C=C\C(=C)C(C)CCC(C)CCc1ccccc1.CC.CC. The summed E-state index contributed by atoms with van der Waals surface area (Å²) in [6.45, 7) is 22.7. The lowest BCUT2D eigenvalue weighted by atomic mass is 9.90. The summed E-state index contributed by atoms with van der Waals surface area (Å²) in [5.74, 6) is 1.32. The Morgan fingerprint density at radius 1 is 0.880 bits per heavy atom. The largest absolute Gasteiger partial charge is 0.0961 e. The first-order chi connectivity index (χ1) is 12.0. The summed E-state index contributed by atoms with van der Waals surface area (Å²) >= 11 is 0. The maximum Gasteiger partial charge on any atom is -0.0196 e. The molecule has 0 heterocycles. The summed E-state index contributed by atoms with van der Waals surface area (Å²) < 4.78 is 0. The van der Waals surface area contributed by atoms with Gasteiger partial charge in [-0.05, 0) is 43.6 Å². The van der Waals surface area contributed by atoms with Gasteiger partial charge in [-0.1, -0.05) is 115 Å². The molecule has 0 aliphatic heterocycles. The molecule has 0 heteroatoms. The van der Waals surface area contributed by atoms with Crippen molar-refractivity contribution >= 4 is 0 Å². The van der Waals surface area contributed by atoms with Crippen molar-refractivity contribution in [1.29, 1.82) is 0 Å². The van der Waals surface area contributed by atoms with Crippen LogP contribution in [0.25, 0.3) is 0 Å². The number of allylic oxidation sites excluding steroid dienone is 4. The van der Waals surface area contributed by atoms with Crippen LogP contribution in [0.3, 0.4) is 0 Å². The lowest BCUT2D eigenvalue weighted by Gasteiger charge is -2.16. The average molecular weight is 343 g/mol. The minimum absolute atomic E-state index is 0.555. The molecule has 0 nitrogen and oxygen atoms in total. The van der Waals surface area contributed by atoms with Crippen LogP contribution >= 0.6 is 0 Å². The Kier molecular flexibility index (Phi) is 17.7. The van der Waals surface area contributed by atoms with Crippen LogP contribution in [-0.4, -0.2) is 0 Å². The molecular weight excluding hydrogens is 300 g/mol. The van der Waals surface area contributed by atoms with Crippen molar-refractivity contribution in [3.63, 3.8) is 0 Å². The van der Waals surface area contributed by atoms with Crippen molar-refractivity contribution < 1.29 is 0 Å². The highest BCUT2D eigenvalue weighted by atomic mass is 14.1. The second-order valence-corrected chi connectivity index (χ2v) is 6.36. The van der Waals surface area contributed by atoms with Gasteiger partial charge < -0.3 is 0 Å². The van der Waals surface area contributed by atoms with Crippen LogP contribution in [0.2, 0.25) is 0 Å². The van der Waals surface area contributed by atoms with Crippen molar-refractivity contribution in [2.24, 2.45) is 11.8 Å². The molecule has 0 amide bonds. The van der Waals surface area contributed by atoms with Crippen LogP contribution in [0.4, 0.5) is 0 Å². The van der Waals surface area contributed by atoms with E-state index in [4.69, 9.17) is 0 Å². The summed E-state index contributed by atoms with van der Waals surface area (Å²) in [5.41, 5.74) is 3.75. The van der Waals surface area contributed by atoms with Gasteiger partial charge in [-0.2, -0.15) is 0 Å². The number of aryl methyl sites for hydroxylation is 1. The molecular formula is C25H42. The second-order valence-electron chi connectivity index (χ2n) is 6.36. The van der Waals surface area contributed by atoms with Crippen LogP contribution < -0.4 is 0 Å². The van der Waals surface area contributed by atoms with Crippen molar-refractivity contribution in [2.75, 3.05) is 0 Å². The monoisotopic (exact) mass is 342 g/mol. The van der Waals surface area contributed by atoms with Gasteiger partial charge in [-0.3, -0.25) is 0 Å². The Balaban J connectivity index is 0. The summed E-state index contributed by atoms with van der Waals surface area (Å²) in [5, 5.41) is 0. The Bertz CT molecular complexity index is 464. The van der Waals surface area contributed by atoms with E-state index in [1.54, 1.807) is 0 Å². The summed E-state index contributed by atoms with van der Waals surface area (Å²) in [4.78, 5) is 0. The van der Waals surface area contributed by atoms with E-state index in [0.717, 1.165) is 11.5 Å². The molecule has 0 N–H and O–H groups in total. The van der Waals surface area contributed by atoms with E-state index in [2.05, 4.69) is 69.5 Å². The highest BCUT2D eigenvalue weighted by Crippen LogP contribution is 2.22. The van der Waals surface area contributed by atoms with E-state index >= 15 is 0 Å². The van der Waals surface area contributed by atoms with E-state index in [9.17, 15) is 0 Å². The van der Waals surface area contributed by atoms with Gasteiger partial charge in [0.25, 0.3) is 0 Å². The topological polar surface area (TPSA) is 0 Å². The van der Waals surface area contributed by atoms with Gasteiger partial charge in [-0.25, -0.2) is 0 Å². The smallest absolute Gasteiger partial charge is 0.0196 e. The minimum atomic E-state index is 0.555. The highest BCUT2D eigenvalue weighted by molar-refractivity contribution is 5.24. The fourth-order valence-corrected chi connectivity index (χ4v) is 2.34. The molecule has 0 radical (unpaired) electrons. The summed E-state index contributed by atoms with van der Waals surface area (Å²) in [7, 11) is 0. The quantitative estimate of drug-likeness (QED) is 0.395. The van der Waals surface area contributed by atoms with Gasteiger partial charge in [-0.15, -0.1) is 0 Å². The van der Waals surface area contributed by atoms with Crippen LogP contribution in [0.1, 0.15) is 73.3 Å². The number of benzene rings is 1. The Labute approximate surface area is 158 Å². The lowest BCUT2D eigenvalue weighted by molar-refractivity contribution is 0.440. The maximum absolute atomic E-state index is 4.17. The summed E-state index contributed by atoms with van der Waals surface area (Å²) in [6, 6.07) is 10.8. The molecule has 0 bridgehead atoms. The molecule has 2 atom stereocenters.